The van der Waals surface area contributed by atoms with Crippen LogP contribution in [0.2, 0.25) is 0 Å². The maximum Gasteiger partial charge on any atom is 0.294 e. The van der Waals surface area contributed by atoms with Crippen molar-refractivity contribution in [2.45, 2.75) is 4.90 Å². The van der Waals surface area contributed by atoms with E-state index in [9.17, 15) is 8.42 Å². The van der Waals surface area contributed by atoms with E-state index in [0.717, 1.165) is 0 Å². The highest BCUT2D eigenvalue weighted by Crippen LogP contribution is 2.13. The van der Waals surface area contributed by atoms with Gasteiger partial charge in [0.2, 0.25) is 0 Å². The molecular weight excluding hydrogens is 206 g/mol. The average molecular weight is 213 g/mol. The summed E-state index contributed by atoms with van der Waals surface area (Å²) in [5.74, 6) is 0.289. The lowest BCUT2D eigenvalue weighted by Gasteiger charge is -1.96. The van der Waals surface area contributed by atoms with Crippen molar-refractivity contribution < 1.29 is 13.0 Å². The fourth-order valence-electron chi connectivity index (χ4n) is 1.15. The summed E-state index contributed by atoms with van der Waals surface area (Å²) in [4.78, 5) is -0.176. The summed E-state index contributed by atoms with van der Waals surface area (Å²) < 4.78 is 31.7. The number of hydrogen-bond acceptors (Lipinski definition) is 4. The second-order valence-corrected chi connectivity index (χ2v) is 4.20. The molecule has 3 N–H and O–H groups in total. The molecule has 0 spiro atoms. The van der Waals surface area contributed by atoms with Crippen molar-refractivity contribution in [3.05, 3.63) is 24.4 Å². The Kier molecular flexibility index (Phi) is 1.73. The molecule has 0 radical (unpaired) electrons. The van der Waals surface area contributed by atoms with Gasteiger partial charge in [0.15, 0.2) is 0 Å². The molecule has 0 unspecified atom stereocenters. The van der Waals surface area contributed by atoms with Crippen LogP contribution in [0.3, 0.4) is 0 Å². The van der Waals surface area contributed by atoms with Gasteiger partial charge < -0.3 is 5.73 Å². The van der Waals surface area contributed by atoms with E-state index in [4.69, 9.17) is 10.3 Å². The van der Waals surface area contributed by atoms with Crippen LogP contribution in [0.5, 0.6) is 0 Å². The lowest BCUT2D eigenvalue weighted by atomic mass is 10.4. The number of nitrogens with two attached hydrogens (primary N) is 1. The van der Waals surface area contributed by atoms with Crippen LogP contribution in [0.4, 0.5) is 5.82 Å². The number of aromatic nitrogens is 2. The monoisotopic (exact) mass is 213 g/mol. The molecule has 74 valence electrons. The first-order chi connectivity index (χ1) is 6.47. The zero-order valence-corrected chi connectivity index (χ0v) is 7.77. The van der Waals surface area contributed by atoms with Crippen LogP contribution in [0.25, 0.3) is 5.52 Å². The van der Waals surface area contributed by atoms with Gasteiger partial charge in [-0.2, -0.15) is 13.5 Å². The molecule has 0 saturated carbocycles. The minimum Gasteiger partial charge on any atom is -0.382 e. The summed E-state index contributed by atoms with van der Waals surface area (Å²) >= 11 is 0. The maximum atomic E-state index is 10.8. The minimum absolute atomic E-state index is 0.176. The van der Waals surface area contributed by atoms with Gasteiger partial charge in [-0.3, -0.25) is 4.55 Å². The molecule has 2 rings (SSSR count). The van der Waals surface area contributed by atoms with Crippen molar-refractivity contribution in [1.82, 2.24) is 9.61 Å². The van der Waals surface area contributed by atoms with Crippen LogP contribution in [-0.2, 0) is 10.1 Å². The van der Waals surface area contributed by atoms with Gasteiger partial charge >= 0.3 is 0 Å². The zero-order valence-electron chi connectivity index (χ0n) is 6.95. The van der Waals surface area contributed by atoms with Gasteiger partial charge in [0.25, 0.3) is 10.1 Å². The van der Waals surface area contributed by atoms with Gasteiger partial charge in [0.1, 0.15) is 5.82 Å². The van der Waals surface area contributed by atoms with Crippen LogP contribution in [0.1, 0.15) is 0 Å². The molecule has 2 heterocycles. The summed E-state index contributed by atoms with van der Waals surface area (Å²) in [6.07, 6.45) is 1.41. The second kappa shape index (κ2) is 2.69. The largest absolute Gasteiger partial charge is 0.382 e. The first kappa shape index (κ1) is 8.97. The fourth-order valence-corrected chi connectivity index (χ4v) is 1.66. The van der Waals surface area contributed by atoms with E-state index in [2.05, 4.69) is 5.10 Å². The smallest absolute Gasteiger partial charge is 0.294 e. The van der Waals surface area contributed by atoms with Crippen molar-refractivity contribution in [2.75, 3.05) is 5.73 Å². The number of rotatable bonds is 1. The molecule has 0 fully saturated rings. The van der Waals surface area contributed by atoms with Gasteiger partial charge in [-0.1, -0.05) is 0 Å². The zero-order chi connectivity index (χ0) is 10.3. The number of nitrogen functional groups attached to an aromatic ring is 1. The van der Waals surface area contributed by atoms with Gasteiger partial charge in [-0.25, -0.2) is 4.52 Å². The summed E-state index contributed by atoms with van der Waals surface area (Å²) in [6, 6.07) is 4.04. The highest BCUT2D eigenvalue weighted by molar-refractivity contribution is 7.85. The van der Waals surface area contributed by atoms with Crippen LogP contribution in [-0.4, -0.2) is 22.6 Å². The predicted octanol–water partition coefficient (Wildman–Crippen LogP) is 0.163. The first-order valence-corrected chi connectivity index (χ1v) is 5.13. The molecule has 0 aliphatic rings. The van der Waals surface area contributed by atoms with Crippen molar-refractivity contribution in [1.29, 1.82) is 0 Å². The summed E-state index contributed by atoms with van der Waals surface area (Å²) in [5.41, 5.74) is 5.92. The van der Waals surface area contributed by atoms with E-state index in [-0.39, 0.29) is 10.7 Å². The summed E-state index contributed by atoms with van der Waals surface area (Å²) in [5, 5.41) is 3.85. The number of pyridine rings is 1. The van der Waals surface area contributed by atoms with E-state index in [0.29, 0.717) is 5.52 Å². The van der Waals surface area contributed by atoms with E-state index >= 15 is 0 Å². The Balaban J connectivity index is 2.74. The predicted molar refractivity (Wildman–Crippen MR) is 49.4 cm³/mol. The number of hydrogen-bond donors (Lipinski definition) is 2. The average Bonchev–Trinajstić information content (AvgIpc) is 2.41. The van der Waals surface area contributed by atoms with E-state index in [1.807, 2.05) is 0 Å². The molecule has 0 aliphatic carbocycles. The quantitative estimate of drug-likeness (QED) is 0.658. The number of anilines is 1. The molecule has 0 bridgehead atoms. The van der Waals surface area contributed by atoms with E-state index in [1.54, 1.807) is 0 Å². The van der Waals surface area contributed by atoms with Crippen LogP contribution >= 0.6 is 0 Å². The molecule has 0 aromatic carbocycles. The van der Waals surface area contributed by atoms with Gasteiger partial charge in [0.05, 0.1) is 10.4 Å². The van der Waals surface area contributed by atoms with Crippen LogP contribution < -0.4 is 5.73 Å². The standard InChI is InChI=1S/C7H7N3O3S/c8-7-4-5-3-6(14(11,12)13)1-2-10(5)9-7/h1-4H,(H2,8,9)(H,11,12,13). The third-order valence-electron chi connectivity index (χ3n) is 1.75. The van der Waals surface area contributed by atoms with Crippen molar-refractivity contribution in [3.63, 3.8) is 0 Å². The highest BCUT2D eigenvalue weighted by atomic mass is 32.2. The van der Waals surface area contributed by atoms with Gasteiger partial charge in [-0.15, -0.1) is 0 Å². The lowest BCUT2D eigenvalue weighted by Crippen LogP contribution is -1.99. The Morgan fingerprint density at radius 3 is 2.79 bits per heavy atom. The van der Waals surface area contributed by atoms with Crippen molar-refractivity contribution in [3.8, 4) is 0 Å². The highest BCUT2D eigenvalue weighted by Gasteiger charge is 2.10. The Morgan fingerprint density at radius 2 is 2.14 bits per heavy atom. The van der Waals surface area contributed by atoms with Crippen molar-refractivity contribution >= 4 is 21.5 Å². The third-order valence-corrected chi connectivity index (χ3v) is 2.60. The molecular formula is C7H7N3O3S. The normalized spacial score (nSPS) is 12.1. The number of nitrogens with zero attached hydrogens (tertiary/aromatic N) is 2. The molecule has 0 atom stereocenters. The van der Waals surface area contributed by atoms with Gasteiger partial charge in [-0.05, 0) is 12.1 Å². The Bertz CT molecular complexity index is 587. The lowest BCUT2D eigenvalue weighted by molar-refractivity contribution is 0.483. The Hall–Kier alpha value is -1.60. The second-order valence-electron chi connectivity index (χ2n) is 2.78. The molecule has 0 amide bonds. The molecule has 0 aliphatic heterocycles. The molecule has 7 heteroatoms. The fraction of sp³-hybridized carbons (Fsp3) is 0. The van der Waals surface area contributed by atoms with Crippen molar-refractivity contribution in [2.24, 2.45) is 0 Å². The summed E-state index contributed by atoms with van der Waals surface area (Å²) in [7, 11) is -4.17. The van der Waals surface area contributed by atoms with Crippen LogP contribution in [0, 0.1) is 0 Å². The number of fused-ring (bicyclic) bond motifs is 1. The van der Waals surface area contributed by atoms with Gasteiger partial charge in [0, 0.05) is 12.3 Å². The minimum atomic E-state index is -4.17. The Labute approximate surface area is 79.7 Å². The molecule has 2 aromatic heterocycles. The molecule has 2 aromatic rings. The molecule has 0 saturated heterocycles. The van der Waals surface area contributed by atoms with E-state index < -0.39 is 10.1 Å². The third kappa shape index (κ3) is 1.42. The topological polar surface area (TPSA) is 97.7 Å². The Morgan fingerprint density at radius 1 is 1.43 bits per heavy atom. The van der Waals surface area contributed by atoms with Crippen LogP contribution in [0.15, 0.2) is 29.3 Å². The SMILES string of the molecule is Nc1cc2cc(S(=O)(=O)O)ccn2n1. The van der Waals surface area contributed by atoms with E-state index in [1.165, 1.54) is 28.9 Å². The summed E-state index contributed by atoms with van der Waals surface area (Å²) in [6.45, 7) is 0. The first-order valence-electron chi connectivity index (χ1n) is 3.69. The maximum absolute atomic E-state index is 10.8. The molecule has 6 nitrogen and oxygen atoms in total. The molecule has 14 heavy (non-hydrogen) atoms.